The van der Waals surface area contributed by atoms with Gasteiger partial charge < -0.3 is 4.74 Å². The van der Waals surface area contributed by atoms with Gasteiger partial charge in [-0.3, -0.25) is 0 Å². The first-order valence-corrected chi connectivity index (χ1v) is 7.53. The third kappa shape index (κ3) is 8.05. The molecule has 0 aromatic heterocycles. The second-order valence-electron chi connectivity index (χ2n) is 6.52. The molecule has 17 heavy (non-hydrogen) atoms. The molecule has 0 fully saturated rings. The minimum atomic E-state index is -0.0450. The normalized spacial score (nSPS) is 15.0. The van der Waals surface area contributed by atoms with E-state index in [-0.39, 0.29) is 11.7 Å². The highest BCUT2D eigenvalue weighted by molar-refractivity contribution is 6.18. The molecule has 0 bridgehead atoms. The first-order chi connectivity index (χ1) is 7.76. The molecule has 0 saturated carbocycles. The van der Waals surface area contributed by atoms with Crippen molar-refractivity contribution in [1.82, 2.24) is 0 Å². The van der Waals surface area contributed by atoms with Crippen molar-refractivity contribution < 1.29 is 4.74 Å². The first-order valence-electron chi connectivity index (χ1n) is 7.00. The molecule has 0 aromatic rings. The Kier molecular flexibility index (Phi) is 7.75. The van der Waals surface area contributed by atoms with E-state index in [1.165, 1.54) is 12.8 Å². The number of hydrogen-bond acceptors (Lipinski definition) is 1. The lowest BCUT2D eigenvalue weighted by molar-refractivity contribution is -0.0811. The zero-order valence-electron chi connectivity index (χ0n) is 12.6. The maximum absolute atomic E-state index is 6.18. The molecule has 0 saturated heterocycles. The van der Waals surface area contributed by atoms with Crippen LogP contribution < -0.4 is 0 Å². The maximum Gasteiger partial charge on any atom is 0.0722 e. The average Bonchev–Trinajstić information content (AvgIpc) is 2.15. The predicted molar refractivity (Wildman–Crippen MR) is 77.9 cm³/mol. The molecule has 2 heteroatoms. The van der Waals surface area contributed by atoms with Crippen molar-refractivity contribution >= 4 is 11.6 Å². The summed E-state index contributed by atoms with van der Waals surface area (Å²) < 4.78 is 6.18. The summed E-state index contributed by atoms with van der Waals surface area (Å²) >= 11 is 6.05. The van der Waals surface area contributed by atoms with Crippen molar-refractivity contribution in [2.24, 2.45) is 5.41 Å². The Hall–Kier alpha value is 0.250. The van der Waals surface area contributed by atoms with Gasteiger partial charge in [0.05, 0.1) is 11.7 Å². The minimum Gasteiger partial charge on any atom is -0.371 e. The van der Waals surface area contributed by atoms with E-state index in [2.05, 4.69) is 41.5 Å². The van der Waals surface area contributed by atoms with Gasteiger partial charge in [0.1, 0.15) is 0 Å². The van der Waals surface area contributed by atoms with Gasteiger partial charge in [-0.05, 0) is 38.5 Å². The molecule has 0 spiro atoms. The van der Waals surface area contributed by atoms with E-state index < -0.39 is 0 Å². The number of halogens is 1. The fourth-order valence-electron chi connectivity index (χ4n) is 2.64. The zero-order valence-corrected chi connectivity index (χ0v) is 13.4. The summed E-state index contributed by atoms with van der Waals surface area (Å²) in [7, 11) is 0. The van der Waals surface area contributed by atoms with E-state index in [0.717, 1.165) is 19.3 Å². The highest BCUT2D eigenvalue weighted by Gasteiger charge is 2.27. The molecule has 0 aliphatic carbocycles. The van der Waals surface area contributed by atoms with Crippen molar-refractivity contribution in [3.05, 3.63) is 0 Å². The summed E-state index contributed by atoms with van der Waals surface area (Å²) in [6.07, 6.45) is 5.94. The Bertz CT molecular complexity index is 179. The van der Waals surface area contributed by atoms with Gasteiger partial charge in [0.25, 0.3) is 0 Å². The van der Waals surface area contributed by atoms with E-state index >= 15 is 0 Å². The van der Waals surface area contributed by atoms with Crippen LogP contribution in [0, 0.1) is 5.41 Å². The molecule has 0 amide bonds. The molecule has 0 radical (unpaired) electrons. The summed E-state index contributed by atoms with van der Waals surface area (Å²) in [6.45, 7) is 13.4. The van der Waals surface area contributed by atoms with Gasteiger partial charge in [-0.25, -0.2) is 0 Å². The average molecular weight is 263 g/mol. The molecule has 0 N–H and O–H groups in total. The lowest BCUT2D eigenvalue weighted by atomic mass is 9.82. The molecule has 0 aliphatic rings. The number of ether oxygens (including phenoxy) is 1. The smallest absolute Gasteiger partial charge is 0.0722 e. The van der Waals surface area contributed by atoms with Gasteiger partial charge >= 0.3 is 0 Å². The van der Waals surface area contributed by atoms with E-state index in [1.54, 1.807) is 0 Å². The SMILES string of the molecule is CCCC(C)(C)CC(CCl)OC(C)(C)CCC. The van der Waals surface area contributed by atoms with Crippen LogP contribution in [0.2, 0.25) is 0 Å². The Morgan fingerprint density at radius 1 is 1.00 bits per heavy atom. The molecule has 0 heterocycles. The van der Waals surface area contributed by atoms with E-state index in [0.29, 0.717) is 11.3 Å². The molecule has 0 aliphatic heterocycles. The third-order valence-electron chi connectivity index (χ3n) is 3.22. The predicted octanol–water partition coefficient (Wildman–Crippen LogP) is 5.41. The van der Waals surface area contributed by atoms with Gasteiger partial charge in [-0.1, -0.05) is 40.5 Å². The fourth-order valence-corrected chi connectivity index (χ4v) is 2.81. The minimum absolute atomic E-state index is 0.0450. The van der Waals surface area contributed by atoms with Crippen LogP contribution in [0.3, 0.4) is 0 Å². The second-order valence-corrected chi connectivity index (χ2v) is 6.83. The quantitative estimate of drug-likeness (QED) is 0.505. The fraction of sp³-hybridized carbons (Fsp3) is 1.00. The van der Waals surface area contributed by atoms with Crippen LogP contribution in [0.4, 0.5) is 0 Å². The Balaban J connectivity index is 4.33. The Morgan fingerprint density at radius 3 is 1.94 bits per heavy atom. The second kappa shape index (κ2) is 7.63. The summed E-state index contributed by atoms with van der Waals surface area (Å²) in [5.41, 5.74) is 0.285. The van der Waals surface area contributed by atoms with Gasteiger partial charge in [0.2, 0.25) is 0 Å². The largest absolute Gasteiger partial charge is 0.371 e. The highest BCUT2D eigenvalue weighted by atomic mass is 35.5. The van der Waals surface area contributed by atoms with E-state index in [1.807, 2.05) is 0 Å². The molecule has 104 valence electrons. The van der Waals surface area contributed by atoms with Crippen molar-refractivity contribution in [1.29, 1.82) is 0 Å². The zero-order chi connectivity index (χ0) is 13.5. The van der Waals surface area contributed by atoms with E-state index in [9.17, 15) is 0 Å². The maximum atomic E-state index is 6.18. The summed E-state index contributed by atoms with van der Waals surface area (Å²) in [5.74, 6) is 0.598. The molecule has 1 nitrogen and oxygen atoms in total. The number of rotatable bonds is 9. The lowest BCUT2D eigenvalue weighted by Crippen LogP contribution is -2.34. The molecule has 1 unspecified atom stereocenters. The summed E-state index contributed by atoms with van der Waals surface area (Å²) in [6, 6.07) is 0. The molecular formula is C15H31ClO. The lowest BCUT2D eigenvalue weighted by Gasteiger charge is -2.34. The van der Waals surface area contributed by atoms with Crippen LogP contribution in [-0.4, -0.2) is 17.6 Å². The van der Waals surface area contributed by atoms with Gasteiger partial charge in [0.15, 0.2) is 0 Å². The third-order valence-corrected chi connectivity index (χ3v) is 3.56. The van der Waals surface area contributed by atoms with Crippen LogP contribution in [0.15, 0.2) is 0 Å². The van der Waals surface area contributed by atoms with Crippen molar-refractivity contribution in [2.75, 3.05) is 5.88 Å². The summed E-state index contributed by atoms with van der Waals surface area (Å²) in [5, 5.41) is 0. The van der Waals surface area contributed by atoms with Crippen molar-refractivity contribution in [2.45, 2.75) is 85.4 Å². The molecule has 0 rings (SSSR count). The summed E-state index contributed by atoms with van der Waals surface area (Å²) in [4.78, 5) is 0. The van der Waals surface area contributed by atoms with Crippen LogP contribution in [0.5, 0.6) is 0 Å². The Morgan fingerprint density at radius 2 is 1.53 bits per heavy atom. The first kappa shape index (κ1) is 17.2. The van der Waals surface area contributed by atoms with Gasteiger partial charge in [0, 0.05) is 5.88 Å². The molecule has 0 aromatic carbocycles. The van der Waals surface area contributed by atoms with Crippen molar-refractivity contribution in [3.8, 4) is 0 Å². The standard InChI is InChI=1S/C15H31ClO/c1-7-9-14(3,4)11-13(12-16)17-15(5,6)10-8-2/h13H,7-12H2,1-6H3. The van der Waals surface area contributed by atoms with Crippen LogP contribution >= 0.6 is 11.6 Å². The van der Waals surface area contributed by atoms with E-state index in [4.69, 9.17) is 16.3 Å². The highest BCUT2D eigenvalue weighted by Crippen LogP contribution is 2.32. The molecule has 1 atom stereocenters. The number of alkyl halides is 1. The monoisotopic (exact) mass is 262 g/mol. The van der Waals surface area contributed by atoms with Crippen molar-refractivity contribution in [3.63, 3.8) is 0 Å². The van der Waals surface area contributed by atoms with Crippen LogP contribution in [0.25, 0.3) is 0 Å². The van der Waals surface area contributed by atoms with Gasteiger partial charge in [-0.15, -0.1) is 11.6 Å². The van der Waals surface area contributed by atoms with Gasteiger partial charge in [-0.2, -0.15) is 0 Å². The van der Waals surface area contributed by atoms with Crippen LogP contribution in [-0.2, 0) is 4.74 Å². The van der Waals surface area contributed by atoms with Crippen LogP contribution in [0.1, 0.15) is 73.6 Å². The number of hydrogen-bond donors (Lipinski definition) is 0. The Labute approximate surface area is 113 Å². The molecular weight excluding hydrogens is 232 g/mol. The topological polar surface area (TPSA) is 9.23 Å².